The minimum Gasteiger partial charge on any atom is -0.474 e. The first kappa shape index (κ1) is 19.3. The number of anilines is 1. The van der Waals surface area contributed by atoms with Gasteiger partial charge in [-0.05, 0) is 18.6 Å². The number of rotatable bonds is 9. The highest BCUT2D eigenvalue weighted by molar-refractivity contribution is 6.02. The van der Waals surface area contributed by atoms with Gasteiger partial charge in [0.05, 0.1) is 19.0 Å². The Bertz CT molecular complexity index is 736. The van der Waals surface area contributed by atoms with E-state index in [1.54, 1.807) is 32.5 Å². The average Bonchev–Trinajstić information content (AvgIpc) is 2.67. The molecule has 0 unspecified atom stereocenters. The first-order valence-corrected chi connectivity index (χ1v) is 8.03. The molecule has 2 N–H and O–H groups in total. The second kappa shape index (κ2) is 10.0. The Morgan fingerprint density at radius 2 is 2.00 bits per heavy atom. The van der Waals surface area contributed by atoms with Crippen LogP contribution in [0, 0.1) is 0 Å². The van der Waals surface area contributed by atoms with Crippen LogP contribution < -0.4 is 15.4 Å². The molecule has 2 heterocycles. The van der Waals surface area contributed by atoms with Gasteiger partial charge in [0.15, 0.2) is 0 Å². The molecule has 0 aliphatic rings. The fourth-order valence-corrected chi connectivity index (χ4v) is 1.99. The summed E-state index contributed by atoms with van der Waals surface area (Å²) >= 11 is 0. The van der Waals surface area contributed by atoms with Gasteiger partial charge >= 0.3 is 0 Å². The SMILES string of the molecule is CNC(=O)CCc1cc(NC(=O)c2cnc(OCCOC)cn2)ccn1. The third-order valence-electron chi connectivity index (χ3n) is 3.36. The van der Waals surface area contributed by atoms with Crippen molar-refractivity contribution in [2.24, 2.45) is 0 Å². The number of nitrogens with one attached hydrogen (secondary N) is 2. The molecule has 2 aromatic heterocycles. The number of ether oxygens (including phenoxy) is 2. The van der Waals surface area contributed by atoms with E-state index in [2.05, 4.69) is 25.6 Å². The maximum atomic E-state index is 12.3. The first-order valence-electron chi connectivity index (χ1n) is 8.03. The zero-order valence-corrected chi connectivity index (χ0v) is 14.7. The number of hydrogen-bond donors (Lipinski definition) is 2. The lowest BCUT2D eigenvalue weighted by atomic mass is 10.2. The number of nitrogens with zero attached hydrogens (tertiary/aromatic N) is 3. The highest BCUT2D eigenvalue weighted by Crippen LogP contribution is 2.12. The van der Waals surface area contributed by atoms with Gasteiger partial charge in [-0.1, -0.05) is 0 Å². The van der Waals surface area contributed by atoms with Gasteiger partial charge in [0, 0.05) is 38.2 Å². The Kier molecular flexibility index (Phi) is 7.44. The number of methoxy groups -OCH3 is 1. The lowest BCUT2D eigenvalue weighted by molar-refractivity contribution is -0.120. The minimum atomic E-state index is -0.399. The summed E-state index contributed by atoms with van der Waals surface area (Å²) in [5.41, 5.74) is 1.44. The van der Waals surface area contributed by atoms with Crippen molar-refractivity contribution in [3.05, 3.63) is 42.1 Å². The van der Waals surface area contributed by atoms with Crippen LogP contribution >= 0.6 is 0 Å². The van der Waals surface area contributed by atoms with Gasteiger partial charge in [-0.15, -0.1) is 0 Å². The summed E-state index contributed by atoms with van der Waals surface area (Å²) in [6.45, 7) is 0.792. The summed E-state index contributed by atoms with van der Waals surface area (Å²) in [6, 6.07) is 3.38. The Hall–Kier alpha value is -3.07. The molecular weight excluding hydrogens is 338 g/mol. The van der Waals surface area contributed by atoms with Gasteiger partial charge in [-0.2, -0.15) is 0 Å². The lowest BCUT2D eigenvalue weighted by Crippen LogP contribution is -2.18. The topological polar surface area (TPSA) is 115 Å². The molecular formula is C17H21N5O4. The van der Waals surface area contributed by atoms with Crippen LogP contribution in [-0.2, 0) is 16.0 Å². The zero-order chi connectivity index (χ0) is 18.8. The van der Waals surface area contributed by atoms with Crippen LogP contribution in [0.1, 0.15) is 22.6 Å². The van der Waals surface area contributed by atoms with Crippen molar-refractivity contribution in [2.75, 3.05) is 32.7 Å². The highest BCUT2D eigenvalue weighted by atomic mass is 16.5. The number of carbonyl (C=O) groups excluding carboxylic acids is 2. The zero-order valence-electron chi connectivity index (χ0n) is 14.7. The minimum absolute atomic E-state index is 0.0654. The molecule has 0 atom stereocenters. The fraction of sp³-hybridized carbons (Fsp3) is 0.353. The van der Waals surface area contributed by atoms with E-state index in [4.69, 9.17) is 9.47 Å². The van der Waals surface area contributed by atoms with Crippen molar-refractivity contribution in [2.45, 2.75) is 12.8 Å². The molecule has 138 valence electrons. The molecule has 0 radical (unpaired) electrons. The molecule has 0 bridgehead atoms. The monoisotopic (exact) mass is 359 g/mol. The Labute approximate surface area is 151 Å². The van der Waals surface area contributed by atoms with Gasteiger partial charge in [0.25, 0.3) is 5.91 Å². The normalized spacial score (nSPS) is 10.2. The highest BCUT2D eigenvalue weighted by Gasteiger charge is 2.10. The van der Waals surface area contributed by atoms with Crippen molar-refractivity contribution >= 4 is 17.5 Å². The Balaban J connectivity index is 1.93. The van der Waals surface area contributed by atoms with Crippen LogP contribution in [0.2, 0.25) is 0 Å². The quantitative estimate of drug-likeness (QED) is 0.637. The number of carbonyl (C=O) groups is 2. The molecule has 9 nitrogen and oxygen atoms in total. The summed E-state index contributed by atoms with van der Waals surface area (Å²) in [7, 11) is 3.16. The van der Waals surface area contributed by atoms with Crippen molar-refractivity contribution in [3.8, 4) is 5.88 Å². The third kappa shape index (κ3) is 6.10. The molecule has 2 amide bonds. The maximum Gasteiger partial charge on any atom is 0.275 e. The smallest absolute Gasteiger partial charge is 0.275 e. The maximum absolute atomic E-state index is 12.3. The van der Waals surface area contributed by atoms with E-state index in [-0.39, 0.29) is 11.6 Å². The number of aryl methyl sites for hydroxylation is 1. The first-order chi connectivity index (χ1) is 12.6. The number of aromatic nitrogens is 3. The van der Waals surface area contributed by atoms with Gasteiger partial charge in [-0.3, -0.25) is 14.6 Å². The van der Waals surface area contributed by atoms with E-state index in [1.807, 2.05) is 0 Å². The summed E-state index contributed by atoms with van der Waals surface area (Å²) in [4.78, 5) is 35.8. The third-order valence-corrected chi connectivity index (χ3v) is 3.36. The van der Waals surface area contributed by atoms with Crippen LogP contribution in [-0.4, -0.2) is 54.1 Å². The van der Waals surface area contributed by atoms with E-state index in [1.165, 1.54) is 12.4 Å². The number of hydrogen-bond acceptors (Lipinski definition) is 7. The van der Waals surface area contributed by atoms with E-state index in [0.29, 0.717) is 43.3 Å². The van der Waals surface area contributed by atoms with E-state index in [0.717, 1.165) is 0 Å². The molecule has 0 aliphatic carbocycles. The summed E-state index contributed by atoms with van der Waals surface area (Å²) in [5, 5.41) is 5.28. The van der Waals surface area contributed by atoms with Crippen LogP contribution in [0.25, 0.3) is 0 Å². The predicted molar refractivity (Wildman–Crippen MR) is 94.0 cm³/mol. The fourth-order valence-electron chi connectivity index (χ4n) is 1.99. The number of amides is 2. The molecule has 0 aliphatic heterocycles. The standard InChI is InChI=1S/C17H21N5O4/c1-18-15(23)4-3-12-9-13(5-6-19-12)22-17(24)14-10-21-16(11-20-14)26-8-7-25-2/h5-6,9-11H,3-4,7-8H2,1-2H3,(H,18,23)(H,19,22,24). The van der Waals surface area contributed by atoms with Crippen LogP contribution in [0.3, 0.4) is 0 Å². The summed E-state index contributed by atoms with van der Waals surface area (Å²) in [6.07, 6.45) is 5.11. The molecule has 26 heavy (non-hydrogen) atoms. The molecule has 0 spiro atoms. The van der Waals surface area contributed by atoms with Crippen molar-refractivity contribution in [1.29, 1.82) is 0 Å². The number of pyridine rings is 1. The second-order valence-corrected chi connectivity index (χ2v) is 5.24. The van der Waals surface area contributed by atoms with Gasteiger partial charge in [0.2, 0.25) is 11.8 Å². The molecule has 0 saturated carbocycles. The van der Waals surface area contributed by atoms with Crippen LogP contribution in [0.5, 0.6) is 5.88 Å². The Morgan fingerprint density at radius 3 is 2.69 bits per heavy atom. The van der Waals surface area contributed by atoms with E-state index in [9.17, 15) is 9.59 Å². The van der Waals surface area contributed by atoms with Crippen LogP contribution in [0.4, 0.5) is 5.69 Å². The molecule has 2 rings (SSSR count). The average molecular weight is 359 g/mol. The van der Waals surface area contributed by atoms with Crippen LogP contribution in [0.15, 0.2) is 30.7 Å². The van der Waals surface area contributed by atoms with Crippen molar-refractivity contribution in [1.82, 2.24) is 20.3 Å². The predicted octanol–water partition coefficient (Wildman–Crippen LogP) is 0.828. The van der Waals surface area contributed by atoms with Crippen molar-refractivity contribution in [3.63, 3.8) is 0 Å². The lowest BCUT2D eigenvalue weighted by Gasteiger charge is -2.07. The van der Waals surface area contributed by atoms with Gasteiger partial charge in [0.1, 0.15) is 12.3 Å². The molecule has 0 fully saturated rings. The van der Waals surface area contributed by atoms with Crippen molar-refractivity contribution < 1.29 is 19.1 Å². The molecule has 9 heteroatoms. The largest absolute Gasteiger partial charge is 0.474 e. The Morgan fingerprint density at radius 1 is 1.15 bits per heavy atom. The van der Waals surface area contributed by atoms with Gasteiger partial charge in [-0.25, -0.2) is 9.97 Å². The van der Waals surface area contributed by atoms with Gasteiger partial charge < -0.3 is 20.1 Å². The summed E-state index contributed by atoms with van der Waals surface area (Å²) in [5.74, 6) is -0.146. The van der Waals surface area contributed by atoms with E-state index >= 15 is 0 Å². The van der Waals surface area contributed by atoms with E-state index < -0.39 is 5.91 Å². The molecule has 0 saturated heterocycles. The summed E-state index contributed by atoms with van der Waals surface area (Å²) < 4.78 is 10.2. The molecule has 2 aromatic rings. The molecule has 0 aromatic carbocycles. The second-order valence-electron chi connectivity index (χ2n) is 5.24.